The van der Waals surface area contributed by atoms with Gasteiger partial charge in [0, 0.05) is 25.2 Å². The van der Waals surface area contributed by atoms with Gasteiger partial charge >= 0.3 is 0 Å². The first-order valence-corrected chi connectivity index (χ1v) is 10.6. The predicted molar refractivity (Wildman–Crippen MR) is 120 cm³/mol. The Morgan fingerprint density at radius 1 is 1.00 bits per heavy atom. The first-order chi connectivity index (χ1) is 15.0. The summed E-state index contributed by atoms with van der Waals surface area (Å²) in [6.45, 7) is 5.40. The van der Waals surface area contributed by atoms with E-state index in [0.717, 1.165) is 53.3 Å². The number of fused-ring (bicyclic) bond motifs is 1. The molecule has 1 aliphatic heterocycles. The largest absolute Gasteiger partial charge is 0.493 e. The summed E-state index contributed by atoms with van der Waals surface area (Å²) in [4.78, 5) is 14.8. The number of hydrogen-bond donors (Lipinski definition) is 0. The predicted octanol–water partition coefficient (Wildman–Crippen LogP) is 4.02. The minimum atomic E-state index is 0.183. The van der Waals surface area contributed by atoms with E-state index in [1.807, 2.05) is 28.6 Å². The van der Waals surface area contributed by atoms with Gasteiger partial charge in [0.25, 0.3) is 0 Å². The Balaban J connectivity index is 1.38. The average molecular weight is 420 g/mol. The van der Waals surface area contributed by atoms with E-state index >= 15 is 0 Å². The van der Waals surface area contributed by atoms with E-state index in [1.54, 1.807) is 14.2 Å². The average Bonchev–Trinajstić information content (AvgIpc) is 3.14. The molecule has 6 heteroatoms. The monoisotopic (exact) mass is 419 g/mol. The lowest BCUT2D eigenvalue weighted by Crippen LogP contribution is -2.36. The van der Waals surface area contributed by atoms with Gasteiger partial charge in [0.2, 0.25) is 5.91 Å². The third-order valence-corrected chi connectivity index (χ3v) is 5.89. The highest BCUT2D eigenvalue weighted by molar-refractivity contribution is 5.77. The minimum Gasteiger partial charge on any atom is -0.493 e. The fraction of sp³-hybridized carbons (Fsp3) is 0.360. The van der Waals surface area contributed by atoms with E-state index in [9.17, 15) is 4.79 Å². The van der Waals surface area contributed by atoms with Crippen molar-refractivity contribution < 1.29 is 14.3 Å². The highest BCUT2D eigenvalue weighted by Crippen LogP contribution is 2.33. The van der Waals surface area contributed by atoms with Gasteiger partial charge in [-0.2, -0.15) is 5.10 Å². The molecule has 1 aromatic heterocycles. The third-order valence-electron chi connectivity index (χ3n) is 5.89. The summed E-state index contributed by atoms with van der Waals surface area (Å²) in [6.07, 6.45) is 2.06. The molecule has 4 rings (SSSR count). The second-order valence-corrected chi connectivity index (χ2v) is 8.05. The molecule has 0 atom stereocenters. The van der Waals surface area contributed by atoms with Crippen LogP contribution in [0.3, 0.4) is 0 Å². The standard InChI is InChI=1S/C25H29N3O3/c1-17-13-18(2)28(26-17)22-8-5-19(6-9-22)7-10-25(29)27-12-11-20-14-23(30-3)24(31-4)15-21(20)16-27/h5-6,8-9,13-15H,7,10-12,16H2,1-4H3. The van der Waals surface area contributed by atoms with Crippen molar-refractivity contribution in [3.63, 3.8) is 0 Å². The van der Waals surface area contributed by atoms with Gasteiger partial charge in [-0.15, -0.1) is 0 Å². The molecular formula is C25H29N3O3. The molecule has 31 heavy (non-hydrogen) atoms. The molecular weight excluding hydrogens is 390 g/mol. The van der Waals surface area contributed by atoms with Gasteiger partial charge in [0.1, 0.15) is 0 Å². The Bertz CT molecular complexity index is 1090. The summed E-state index contributed by atoms with van der Waals surface area (Å²) in [5, 5.41) is 4.53. The van der Waals surface area contributed by atoms with Crippen molar-refractivity contribution in [3.8, 4) is 17.2 Å². The van der Waals surface area contributed by atoms with Crippen LogP contribution in [0.15, 0.2) is 42.5 Å². The number of hydrogen-bond acceptors (Lipinski definition) is 4. The smallest absolute Gasteiger partial charge is 0.223 e. The lowest BCUT2D eigenvalue weighted by atomic mass is 9.98. The van der Waals surface area contributed by atoms with Crippen LogP contribution in [0.4, 0.5) is 0 Å². The van der Waals surface area contributed by atoms with E-state index in [1.165, 1.54) is 5.56 Å². The van der Waals surface area contributed by atoms with Crippen molar-refractivity contribution in [3.05, 3.63) is 70.5 Å². The minimum absolute atomic E-state index is 0.183. The van der Waals surface area contributed by atoms with Crippen LogP contribution >= 0.6 is 0 Å². The second kappa shape index (κ2) is 8.84. The summed E-state index contributed by atoms with van der Waals surface area (Å²) in [5.41, 5.74) is 6.67. The van der Waals surface area contributed by atoms with Crippen LogP contribution in [0.5, 0.6) is 11.5 Å². The van der Waals surface area contributed by atoms with Crippen LogP contribution in [0.2, 0.25) is 0 Å². The topological polar surface area (TPSA) is 56.6 Å². The fourth-order valence-corrected chi connectivity index (χ4v) is 4.20. The molecule has 0 saturated heterocycles. The highest BCUT2D eigenvalue weighted by Gasteiger charge is 2.22. The van der Waals surface area contributed by atoms with Crippen LogP contribution in [-0.4, -0.2) is 41.4 Å². The highest BCUT2D eigenvalue weighted by atomic mass is 16.5. The number of methoxy groups -OCH3 is 2. The molecule has 0 N–H and O–H groups in total. The first kappa shape index (κ1) is 21.0. The zero-order valence-electron chi connectivity index (χ0n) is 18.6. The molecule has 0 bridgehead atoms. The fourth-order valence-electron chi connectivity index (χ4n) is 4.20. The molecule has 0 aliphatic carbocycles. The molecule has 2 aromatic carbocycles. The Morgan fingerprint density at radius 3 is 2.29 bits per heavy atom. The van der Waals surface area contributed by atoms with E-state index < -0.39 is 0 Å². The molecule has 0 fully saturated rings. The molecule has 2 heterocycles. The van der Waals surface area contributed by atoms with Gasteiger partial charge in [-0.05, 0) is 73.7 Å². The van der Waals surface area contributed by atoms with Gasteiger partial charge in [-0.25, -0.2) is 4.68 Å². The molecule has 6 nitrogen and oxygen atoms in total. The third kappa shape index (κ3) is 4.43. The zero-order valence-corrected chi connectivity index (χ0v) is 18.6. The molecule has 1 amide bonds. The molecule has 0 unspecified atom stereocenters. The molecule has 0 spiro atoms. The number of amides is 1. The molecule has 0 saturated carbocycles. The van der Waals surface area contributed by atoms with Gasteiger partial charge in [0.15, 0.2) is 11.5 Å². The van der Waals surface area contributed by atoms with Gasteiger partial charge in [-0.1, -0.05) is 12.1 Å². The zero-order chi connectivity index (χ0) is 22.0. The van der Waals surface area contributed by atoms with Crippen LogP contribution in [-0.2, 0) is 24.2 Å². The lowest BCUT2D eigenvalue weighted by molar-refractivity contribution is -0.132. The summed E-state index contributed by atoms with van der Waals surface area (Å²) >= 11 is 0. The van der Waals surface area contributed by atoms with Crippen molar-refractivity contribution in [1.82, 2.24) is 14.7 Å². The molecule has 1 aliphatic rings. The number of aryl methyl sites for hydroxylation is 3. The van der Waals surface area contributed by atoms with Crippen molar-refractivity contribution in [2.75, 3.05) is 20.8 Å². The maximum absolute atomic E-state index is 12.9. The number of benzene rings is 2. The van der Waals surface area contributed by atoms with Crippen molar-refractivity contribution in [2.45, 2.75) is 39.7 Å². The SMILES string of the molecule is COc1cc2c(cc1OC)CN(C(=O)CCc1ccc(-n3nc(C)cc3C)cc1)CC2. The summed E-state index contributed by atoms with van der Waals surface area (Å²) in [6, 6.07) is 14.4. The van der Waals surface area contributed by atoms with Gasteiger partial charge < -0.3 is 14.4 Å². The number of ether oxygens (including phenoxy) is 2. The van der Waals surface area contributed by atoms with Gasteiger partial charge in [0.05, 0.1) is 25.6 Å². The summed E-state index contributed by atoms with van der Waals surface area (Å²) in [7, 11) is 3.28. The van der Waals surface area contributed by atoms with E-state index in [2.05, 4.69) is 42.4 Å². The van der Waals surface area contributed by atoms with E-state index in [-0.39, 0.29) is 5.91 Å². The van der Waals surface area contributed by atoms with E-state index in [4.69, 9.17) is 9.47 Å². The number of nitrogens with zero attached hydrogens (tertiary/aromatic N) is 3. The van der Waals surface area contributed by atoms with Crippen molar-refractivity contribution in [2.24, 2.45) is 0 Å². The van der Waals surface area contributed by atoms with Crippen LogP contribution in [0.25, 0.3) is 5.69 Å². The Morgan fingerprint density at radius 2 is 1.68 bits per heavy atom. The van der Waals surface area contributed by atoms with Crippen LogP contribution in [0.1, 0.15) is 34.5 Å². The Kier molecular flexibility index (Phi) is 5.98. The van der Waals surface area contributed by atoms with E-state index in [0.29, 0.717) is 18.7 Å². The summed E-state index contributed by atoms with van der Waals surface area (Å²) in [5.74, 6) is 1.63. The second-order valence-electron chi connectivity index (χ2n) is 8.05. The van der Waals surface area contributed by atoms with Crippen LogP contribution < -0.4 is 9.47 Å². The molecule has 3 aromatic rings. The Labute approximate surface area is 183 Å². The quantitative estimate of drug-likeness (QED) is 0.606. The number of carbonyl (C=O) groups is 1. The van der Waals surface area contributed by atoms with Crippen molar-refractivity contribution >= 4 is 5.91 Å². The van der Waals surface area contributed by atoms with Crippen molar-refractivity contribution in [1.29, 1.82) is 0 Å². The molecule has 0 radical (unpaired) electrons. The van der Waals surface area contributed by atoms with Gasteiger partial charge in [-0.3, -0.25) is 4.79 Å². The lowest BCUT2D eigenvalue weighted by Gasteiger charge is -2.29. The summed E-state index contributed by atoms with van der Waals surface area (Å²) < 4.78 is 12.8. The normalized spacial score (nSPS) is 13.1. The number of aromatic nitrogens is 2. The van der Waals surface area contributed by atoms with Crippen LogP contribution in [0, 0.1) is 13.8 Å². The maximum atomic E-state index is 12.9. The maximum Gasteiger partial charge on any atom is 0.223 e. The molecule has 162 valence electrons. The number of rotatable bonds is 6. The Hall–Kier alpha value is -3.28. The number of carbonyl (C=O) groups excluding carboxylic acids is 1. The first-order valence-electron chi connectivity index (χ1n) is 10.6.